The van der Waals surface area contributed by atoms with Crippen molar-refractivity contribution in [1.29, 1.82) is 0 Å². The largest absolute Gasteiger partial charge is 0.457 e. The molecule has 0 unspecified atom stereocenters. The summed E-state index contributed by atoms with van der Waals surface area (Å²) in [6.07, 6.45) is 3.82. The van der Waals surface area contributed by atoms with Crippen molar-refractivity contribution in [2.45, 2.75) is 51.6 Å². The molecule has 0 bridgehead atoms. The van der Waals surface area contributed by atoms with Crippen molar-refractivity contribution in [2.75, 3.05) is 35.9 Å². The monoisotopic (exact) mass is 643 g/mol. The lowest BCUT2D eigenvalue weighted by Crippen LogP contribution is -2.49. The van der Waals surface area contributed by atoms with Crippen molar-refractivity contribution in [2.24, 2.45) is 5.73 Å². The number of hydrogen-bond acceptors (Lipinski definition) is 6. The Bertz CT molecular complexity index is 1580. The van der Waals surface area contributed by atoms with Crippen LogP contribution in [-0.4, -0.2) is 62.1 Å². The zero-order valence-electron chi connectivity index (χ0n) is 25.4. The summed E-state index contributed by atoms with van der Waals surface area (Å²) in [6.45, 7) is 4.78. The van der Waals surface area contributed by atoms with Gasteiger partial charge in [-0.2, -0.15) is 0 Å². The van der Waals surface area contributed by atoms with Gasteiger partial charge in [0.05, 0.1) is 18.4 Å². The second kappa shape index (κ2) is 15.2. The number of benzene rings is 3. The highest BCUT2D eigenvalue weighted by Gasteiger charge is 2.28. The Balaban J connectivity index is 1.31. The van der Waals surface area contributed by atoms with Crippen LogP contribution >= 0.6 is 0 Å². The molecule has 0 saturated carbocycles. The van der Waals surface area contributed by atoms with E-state index in [9.17, 15) is 26.8 Å². The normalized spacial score (nSPS) is 14.1. The molecule has 45 heavy (non-hydrogen) atoms. The van der Waals surface area contributed by atoms with Gasteiger partial charge in [-0.3, -0.25) is 14.4 Å². The van der Waals surface area contributed by atoms with Crippen molar-refractivity contribution in [3.05, 3.63) is 83.4 Å². The molecule has 3 aromatic rings. The summed E-state index contributed by atoms with van der Waals surface area (Å²) in [4.78, 5) is 28.6. The average Bonchev–Trinajstić information content (AvgIpc) is 2.97. The molecule has 3 amide bonds. The zero-order valence-corrected chi connectivity index (χ0v) is 26.2. The van der Waals surface area contributed by atoms with Gasteiger partial charge in [0.1, 0.15) is 23.1 Å². The van der Waals surface area contributed by atoms with E-state index in [0.717, 1.165) is 63.2 Å². The number of nitrogens with one attached hydrogen (secondary N) is 2. The summed E-state index contributed by atoms with van der Waals surface area (Å²) in [5, 5.41) is 2.58. The molecule has 0 aliphatic carbocycles. The number of halogens is 2. The average molecular weight is 644 g/mol. The minimum atomic E-state index is -3.35. The minimum Gasteiger partial charge on any atom is -0.457 e. The number of rotatable bonds is 13. The molecule has 13 heteroatoms. The van der Waals surface area contributed by atoms with Gasteiger partial charge < -0.3 is 20.7 Å². The number of urea groups is 1. The van der Waals surface area contributed by atoms with Crippen LogP contribution in [-0.2, 0) is 27.8 Å². The van der Waals surface area contributed by atoms with Crippen LogP contribution in [0.1, 0.15) is 43.7 Å². The van der Waals surface area contributed by atoms with Crippen molar-refractivity contribution in [1.82, 2.24) is 9.80 Å². The summed E-state index contributed by atoms with van der Waals surface area (Å²) in [6, 6.07) is 15.6. The predicted octanol–water partition coefficient (Wildman–Crippen LogP) is 5.46. The fourth-order valence-corrected chi connectivity index (χ4v) is 5.79. The fourth-order valence-electron chi connectivity index (χ4n) is 5.23. The molecular formula is C32H39F2N5O5S. The van der Waals surface area contributed by atoms with E-state index in [4.69, 9.17) is 10.5 Å². The van der Waals surface area contributed by atoms with E-state index in [1.165, 1.54) is 0 Å². The van der Waals surface area contributed by atoms with E-state index >= 15 is 0 Å². The second-order valence-electron chi connectivity index (χ2n) is 11.2. The van der Waals surface area contributed by atoms with Gasteiger partial charge >= 0.3 is 6.03 Å². The second-order valence-corrected chi connectivity index (χ2v) is 12.9. The van der Waals surface area contributed by atoms with Crippen molar-refractivity contribution >= 4 is 33.3 Å². The first-order chi connectivity index (χ1) is 21.4. The highest BCUT2D eigenvalue weighted by Crippen LogP contribution is 2.26. The zero-order chi connectivity index (χ0) is 32.6. The maximum atomic E-state index is 14.5. The highest BCUT2D eigenvalue weighted by atomic mass is 32.2. The Hall–Kier alpha value is -4.23. The molecular weight excluding hydrogens is 604 g/mol. The molecule has 4 N–H and O–H groups in total. The standard InChI is InChI=1S/C32H39F2N5O5S/c1-3-4-15-39(32(41)36-30-18-23(19-31(35)40)28(33)20-29(30)34)25-13-16-38(17-14-25)21-22-5-9-26(10-6-22)44-27-11-7-24(8-12-27)37-45(2,42)43/h5-12,18,20,25,37H,3-4,13-17,19,21H2,1-2H3,(H2,35,40)(H,36,41). The molecule has 1 saturated heterocycles. The van der Waals surface area contributed by atoms with Crippen LogP contribution in [0.5, 0.6) is 11.5 Å². The Morgan fingerprint density at radius 1 is 1.00 bits per heavy atom. The number of hydrogen-bond donors (Lipinski definition) is 3. The Morgan fingerprint density at radius 3 is 2.20 bits per heavy atom. The first-order valence-corrected chi connectivity index (χ1v) is 16.7. The molecule has 3 aromatic carbocycles. The number of likely N-dealkylation sites (tertiary alicyclic amines) is 1. The van der Waals surface area contributed by atoms with Gasteiger partial charge in [-0.05, 0) is 72.9 Å². The third kappa shape index (κ3) is 10.1. The van der Waals surface area contributed by atoms with E-state index in [1.807, 2.05) is 31.2 Å². The third-order valence-corrected chi connectivity index (χ3v) is 8.08. The Labute approximate surface area is 262 Å². The van der Waals surface area contributed by atoms with Gasteiger partial charge in [0.25, 0.3) is 0 Å². The molecule has 1 aliphatic rings. The maximum Gasteiger partial charge on any atom is 0.322 e. The molecule has 10 nitrogen and oxygen atoms in total. The van der Waals surface area contributed by atoms with Gasteiger partial charge in [-0.25, -0.2) is 22.0 Å². The lowest BCUT2D eigenvalue weighted by Gasteiger charge is -2.38. The lowest BCUT2D eigenvalue weighted by atomic mass is 10.0. The Kier molecular flexibility index (Phi) is 11.3. The number of nitrogens with two attached hydrogens (primary N) is 1. The Morgan fingerprint density at radius 2 is 1.62 bits per heavy atom. The molecule has 1 aliphatic heterocycles. The SMILES string of the molecule is CCCCN(C(=O)Nc1cc(CC(N)=O)c(F)cc1F)C1CCN(Cc2ccc(Oc3ccc(NS(C)(=O)=O)cc3)cc2)CC1. The van der Waals surface area contributed by atoms with E-state index in [2.05, 4.69) is 14.9 Å². The molecule has 0 radical (unpaired) electrons. The smallest absolute Gasteiger partial charge is 0.322 e. The van der Waals surface area contributed by atoms with Gasteiger partial charge in [0, 0.05) is 44.0 Å². The maximum absolute atomic E-state index is 14.5. The topological polar surface area (TPSA) is 134 Å². The van der Waals surface area contributed by atoms with E-state index in [0.29, 0.717) is 29.8 Å². The minimum absolute atomic E-state index is 0.0452. The summed E-state index contributed by atoms with van der Waals surface area (Å²) in [5.41, 5.74) is 6.47. The summed E-state index contributed by atoms with van der Waals surface area (Å²) >= 11 is 0. The molecule has 4 rings (SSSR count). The van der Waals surface area contributed by atoms with Gasteiger partial charge in [-0.1, -0.05) is 25.5 Å². The predicted molar refractivity (Wildman–Crippen MR) is 170 cm³/mol. The van der Waals surface area contributed by atoms with Gasteiger partial charge in [0.2, 0.25) is 15.9 Å². The molecule has 0 spiro atoms. The van der Waals surface area contributed by atoms with E-state index < -0.39 is 40.0 Å². The lowest BCUT2D eigenvalue weighted by molar-refractivity contribution is -0.117. The highest BCUT2D eigenvalue weighted by molar-refractivity contribution is 7.92. The number of carbonyl (C=O) groups is 2. The van der Waals surface area contributed by atoms with Crippen molar-refractivity contribution in [3.8, 4) is 11.5 Å². The van der Waals surface area contributed by atoms with Crippen LogP contribution in [0.25, 0.3) is 0 Å². The van der Waals surface area contributed by atoms with Crippen LogP contribution < -0.4 is 20.5 Å². The quantitative estimate of drug-likeness (QED) is 0.227. The van der Waals surface area contributed by atoms with Gasteiger partial charge in [-0.15, -0.1) is 0 Å². The first kappa shape index (κ1) is 33.7. The van der Waals surface area contributed by atoms with E-state index in [-0.39, 0.29) is 17.3 Å². The molecule has 0 aromatic heterocycles. The van der Waals surface area contributed by atoms with E-state index in [1.54, 1.807) is 29.2 Å². The number of nitrogens with zero attached hydrogens (tertiary/aromatic N) is 2. The summed E-state index contributed by atoms with van der Waals surface area (Å²) in [7, 11) is -3.35. The van der Waals surface area contributed by atoms with Crippen LogP contribution in [0.2, 0.25) is 0 Å². The summed E-state index contributed by atoms with van der Waals surface area (Å²) in [5.74, 6) is -1.34. The molecule has 242 valence electrons. The molecule has 0 atom stereocenters. The molecule has 1 fully saturated rings. The molecule has 1 heterocycles. The number of anilines is 2. The summed E-state index contributed by atoms with van der Waals surface area (Å²) < 4.78 is 59.7. The number of amides is 3. The number of piperidine rings is 1. The fraction of sp³-hybridized carbons (Fsp3) is 0.375. The number of ether oxygens (including phenoxy) is 1. The van der Waals surface area contributed by atoms with Crippen LogP contribution in [0.3, 0.4) is 0 Å². The number of primary amides is 1. The van der Waals surface area contributed by atoms with Gasteiger partial charge in [0.15, 0.2) is 0 Å². The van der Waals surface area contributed by atoms with Crippen LogP contribution in [0, 0.1) is 11.6 Å². The number of sulfonamides is 1. The first-order valence-electron chi connectivity index (χ1n) is 14.8. The number of unbranched alkanes of at least 4 members (excludes halogenated alkanes) is 1. The third-order valence-electron chi connectivity index (χ3n) is 7.48. The van der Waals surface area contributed by atoms with Crippen molar-refractivity contribution in [3.63, 3.8) is 0 Å². The van der Waals surface area contributed by atoms with Crippen LogP contribution in [0.4, 0.5) is 25.0 Å². The van der Waals surface area contributed by atoms with Crippen molar-refractivity contribution < 1.29 is 31.5 Å². The number of carbonyl (C=O) groups excluding carboxylic acids is 2. The van der Waals surface area contributed by atoms with Crippen LogP contribution in [0.15, 0.2) is 60.7 Å².